The van der Waals surface area contributed by atoms with Crippen molar-refractivity contribution in [3.8, 4) is 5.75 Å². The summed E-state index contributed by atoms with van der Waals surface area (Å²) < 4.78 is 10.6. The molecule has 2 rings (SSSR count). The number of carbonyl (C=O) groups excluding carboxylic acids is 1. The molecule has 104 valence electrons. The van der Waals surface area contributed by atoms with E-state index >= 15 is 0 Å². The number of aryl methyl sites for hydroxylation is 1. The highest BCUT2D eigenvalue weighted by atomic mass is 16.5. The van der Waals surface area contributed by atoms with Gasteiger partial charge in [0.25, 0.3) is 0 Å². The van der Waals surface area contributed by atoms with Gasteiger partial charge in [-0.2, -0.15) is 0 Å². The lowest BCUT2D eigenvalue weighted by atomic mass is 10.2. The number of nitrogens with one attached hydrogen (secondary N) is 2. The fraction of sp³-hybridized carbons (Fsp3) is 0.500. The van der Waals surface area contributed by atoms with E-state index in [-0.39, 0.29) is 6.03 Å². The minimum Gasteiger partial charge on any atom is -0.489 e. The van der Waals surface area contributed by atoms with Crippen LogP contribution < -0.4 is 15.4 Å². The third-order valence-corrected chi connectivity index (χ3v) is 2.84. The normalized spacial score (nSPS) is 14.0. The first kappa shape index (κ1) is 13.7. The van der Waals surface area contributed by atoms with Crippen molar-refractivity contribution in [2.75, 3.05) is 25.6 Å². The monoisotopic (exact) mass is 264 g/mol. The van der Waals surface area contributed by atoms with Crippen molar-refractivity contribution in [2.24, 2.45) is 0 Å². The van der Waals surface area contributed by atoms with Crippen LogP contribution in [0.15, 0.2) is 18.2 Å². The quantitative estimate of drug-likeness (QED) is 0.775. The number of hydrogen-bond donors (Lipinski definition) is 2. The highest BCUT2D eigenvalue weighted by Gasteiger charge is 2.23. The Hall–Kier alpha value is -1.75. The topological polar surface area (TPSA) is 59.6 Å². The van der Waals surface area contributed by atoms with Gasteiger partial charge in [-0.25, -0.2) is 4.79 Å². The van der Waals surface area contributed by atoms with Gasteiger partial charge in [0.15, 0.2) is 0 Å². The summed E-state index contributed by atoms with van der Waals surface area (Å²) in [6, 6.07) is 5.86. The van der Waals surface area contributed by atoms with Gasteiger partial charge in [-0.1, -0.05) is 6.07 Å². The van der Waals surface area contributed by atoms with Crippen LogP contribution in [-0.4, -0.2) is 32.4 Å². The van der Waals surface area contributed by atoms with Crippen molar-refractivity contribution in [1.82, 2.24) is 5.32 Å². The standard InChI is InChI=1S/C14H20N2O3/c1-10-3-6-12(13(9-10)19-8-7-18-2)16-14(17)15-11-4-5-11/h3,6,9,11H,4-5,7-8H2,1-2H3,(H2,15,16,17). The Morgan fingerprint density at radius 3 is 2.84 bits per heavy atom. The van der Waals surface area contributed by atoms with E-state index < -0.39 is 0 Å². The van der Waals surface area contributed by atoms with Crippen LogP contribution in [0.5, 0.6) is 5.75 Å². The predicted molar refractivity (Wildman–Crippen MR) is 73.7 cm³/mol. The van der Waals surface area contributed by atoms with Crippen LogP contribution >= 0.6 is 0 Å². The Bertz CT molecular complexity index is 444. The lowest BCUT2D eigenvalue weighted by Gasteiger charge is -2.13. The Morgan fingerprint density at radius 1 is 1.37 bits per heavy atom. The first-order valence-corrected chi connectivity index (χ1v) is 6.49. The molecule has 0 heterocycles. The maximum atomic E-state index is 11.7. The van der Waals surface area contributed by atoms with E-state index in [1.807, 2.05) is 25.1 Å². The first-order valence-electron chi connectivity index (χ1n) is 6.49. The molecule has 1 aromatic rings. The van der Waals surface area contributed by atoms with E-state index in [4.69, 9.17) is 9.47 Å². The number of carbonyl (C=O) groups is 1. The maximum absolute atomic E-state index is 11.7. The van der Waals surface area contributed by atoms with Crippen LogP contribution in [0.1, 0.15) is 18.4 Å². The second-order valence-electron chi connectivity index (χ2n) is 4.71. The molecule has 1 fully saturated rings. The minimum absolute atomic E-state index is 0.178. The zero-order valence-electron chi connectivity index (χ0n) is 11.4. The summed E-state index contributed by atoms with van der Waals surface area (Å²) in [6.45, 7) is 2.96. The zero-order chi connectivity index (χ0) is 13.7. The third kappa shape index (κ3) is 4.44. The molecule has 0 saturated heterocycles. The molecule has 1 aromatic carbocycles. The van der Waals surface area contributed by atoms with Gasteiger partial charge >= 0.3 is 6.03 Å². The van der Waals surface area contributed by atoms with E-state index in [1.54, 1.807) is 7.11 Å². The second kappa shape index (κ2) is 6.43. The summed E-state index contributed by atoms with van der Waals surface area (Å²) in [6.07, 6.45) is 2.14. The van der Waals surface area contributed by atoms with Gasteiger partial charge in [0.1, 0.15) is 12.4 Å². The minimum atomic E-state index is -0.178. The van der Waals surface area contributed by atoms with E-state index in [9.17, 15) is 4.79 Å². The number of rotatable bonds is 6. The number of amides is 2. The summed E-state index contributed by atoms with van der Waals surface area (Å²) >= 11 is 0. The molecule has 0 aromatic heterocycles. The number of hydrogen-bond acceptors (Lipinski definition) is 3. The van der Waals surface area contributed by atoms with Crippen molar-refractivity contribution in [2.45, 2.75) is 25.8 Å². The Labute approximate surface area is 113 Å². The van der Waals surface area contributed by atoms with Crippen molar-refractivity contribution in [3.63, 3.8) is 0 Å². The Kier molecular flexibility index (Phi) is 4.63. The van der Waals surface area contributed by atoms with Gasteiger partial charge in [0.2, 0.25) is 0 Å². The molecule has 0 aliphatic heterocycles. The Morgan fingerprint density at radius 2 is 2.16 bits per heavy atom. The number of urea groups is 1. The second-order valence-corrected chi connectivity index (χ2v) is 4.71. The van der Waals surface area contributed by atoms with Crippen molar-refractivity contribution >= 4 is 11.7 Å². The van der Waals surface area contributed by atoms with Gasteiger partial charge in [0, 0.05) is 13.2 Å². The van der Waals surface area contributed by atoms with Crippen LogP contribution in [0.2, 0.25) is 0 Å². The van der Waals surface area contributed by atoms with E-state index in [0.29, 0.717) is 30.7 Å². The van der Waals surface area contributed by atoms with Crippen molar-refractivity contribution < 1.29 is 14.3 Å². The fourth-order valence-corrected chi connectivity index (χ4v) is 1.66. The molecule has 1 aliphatic carbocycles. The molecule has 0 radical (unpaired) electrons. The third-order valence-electron chi connectivity index (χ3n) is 2.84. The zero-order valence-corrected chi connectivity index (χ0v) is 11.4. The van der Waals surface area contributed by atoms with E-state index in [2.05, 4.69) is 10.6 Å². The molecule has 1 aliphatic rings. The van der Waals surface area contributed by atoms with Crippen molar-refractivity contribution in [1.29, 1.82) is 0 Å². The summed E-state index contributed by atoms with van der Waals surface area (Å²) in [5.74, 6) is 0.669. The SMILES string of the molecule is COCCOc1cc(C)ccc1NC(=O)NC1CC1. The molecule has 1 saturated carbocycles. The van der Waals surface area contributed by atoms with Gasteiger partial charge in [-0.15, -0.1) is 0 Å². The molecule has 0 atom stereocenters. The van der Waals surface area contributed by atoms with Crippen LogP contribution in [0.25, 0.3) is 0 Å². The van der Waals surface area contributed by atoms with Crippen LogP contribution in [0.3, 0.4) is 0 Å². The maximum Gasteiger partial charge on any atom is 0.319 e. The van der Waals surface area contributed by atoms with E-state index in [0.717, 1.165) is 18.4 Å². The number of ether oxygens (including phenoxy) is 2. The number of benzene rings is 1. The molecule has 2 amide bonds. The highest BCUT2D eigenvalue weighted by molar-refractivity contribution is 5.91. The molecule has 5 heteroatoms. The average Bonchev–Trinajstić information content (AvgIpc) is 3.16. The summed E-state index contributed by atoms with van der Waals surface area (Å²) in [7, 11) is 1.63. The molecule has 2 N–H and O–H groups in total. The fourth-order valence-electron chi connectivity index (χ4n) is 1.66. The molecule has 19 heavy (non-hydrogen) atoms. The first-order chi connectivity index (χ1) is 9.19. The predicted octanol–water partition coefficient (Wildman–Crippen LogP) is 2.30. The summed E-state index contributed by atoms with van der Waals surface area (Å²) in [5, 5.41) is 5.70. The van der Waals surface area contributed by atoms with Crippen LogP contribution in [0, 0.1) is 6.92 Å². The lowest BCUT2D eigenvalue weighted by molar-refractivity contribution is 0.146. The molecule has 0 unspecified atom stereocenters. The van der Waals surface area contributed by atoms with Crippen molar-refractivity contribution in [3.05, 3.63) is 23.8 Å². The summed E-state index contributed by atoms with van der Waals surface area (Å²) in [4.78, 5) is 11.7. The molecular formula is C14H20N2O3. The van der Waals surface area contributed by atoms with Crippen LogP contribution in [-0.2, 0) is 4.74 Å². The largest absolute Gasteiger partial charge is 0.489 e. The van der Waals surface area contributed by atoms with Gasteiger partial charge in [0.05, 0.1) is 12.3 Å². The van der Waals surface area contributed by atoms with Gasteiger partial charge in [-0.05, 0) is 37.5 Å². The Balaban J connectivity index is 1.98. The smallest absolute Gasteiger partial charge is 0.319 e. The molecule has 0 spiro atoms. The van der Waals surface area contributed by atoms with Crippen LogP contribution in [0.4, 0.5) is 10.5 Å². The van der Waals surface area contributed by atoms with Gasteiger partial charge < -0.3 is 20.1 Å². The average molecular weight is 264 g/mol. The lowest BCUT2D eigenvalue weighted by Crippen LogP contribution is -2.30. The molecule has 0 bridgehead atoms. The highest BCUT2D eigenvalue weighted by Crippen LogP contribution is 2.26. The number of methoxy groups -OCH3 is 1. The van der Waals surface area contributed by atoms with Gasteiger partial charge in [-0.3, -0.25) is 0 Å². The molecular weight excluding hydrogens is 244 g/mol. The molecule has 5 nitrogen and oxygen atoms in total. The van der Waals surface area contributed by atoms with E-state index in [1.165, 1.54) is 0 Å². The summed E-state index contributed by atoms with van der Waals surface area (Å²) in [5.41, 5.74) is 1.76. The number of anilines is 1.